The van der Waals surface area contributed by atoms with Gasteiger partial charge in [0.15, 0.2) is 5.58 Å². The zero-order valence-corrected chi connectivity index (χ0v) is 13.8. The molecule has 0 unspecified atom stereocenters. The number of hydrogen-bond acceptors (Lipinski definition) is 4. The standard InChI is InChI=1S/C20H14F2N2O2/c1-25-18-4-3-12(8-16(18)23)20-24-17-9-11(2-5-19(17)26-20)13-6-14(21)10-15(22)7-13/h2-10H,23H2,1H3. The maximum Gasteiger partial charge on any atom is 0.227 e. The molecule has 26 heavy (non-hydrogen) atoms. The highest BCUT2D eigenvalue weighted by molar-refractivity contribution is 5.82. The first kappa shape index (κ1) is 16.1. The fraction of sp³-hybridized carbons (Fsp3) is 0.0500. The summed E-state index contributed by atoms with van der Waals surface area (Å²) in [6.45, 7) is 0. The van der Waals surface area contributed by atoms with Crippen molar-refractivity contribution < 1.29 is 17.9 Å². The summed E-state index contributed by atoms with van der Waals surface area (Å²) < 4.78 is 37.8. The van der Waals surface area contributed by atoms with Gasteiger partial charge in [0.25, 0.3) is 0 Å². The Morgan fingerprint density at radius 3 is 2.31 bits per heavy atom. The van der Waals surface area contributed by atoms with Gasteiger partial charge in [0.2, 0.25) is 5.89 Å². The molecule has 1 aromatic heterocycles. The zero-order valence-electron chi connectivity index (χ0n) is 13.8. The lowest BCUT2D eigenvalue weighted by Crippen LogP contribution is -1.92. The van der Waals surface area contributed by atoms with E-state index in [1.165, 1.54) is 12.1 Å². The van der Waals surface area contributed by atoms with E-state index in [2.05, 4.69) is 4.98 Å². The van der Waals surface area contributed by atoms with Crippen molar-refractivity contribution in [2.45, 2.75) is 0 Å². The number of methoxy groups -OCH3 is 1. The van der Waals surface area contributed by atoms with Crippen LogP contribution in [0.2, 0.25) is 0 Å². The van der Waals surface area contributed by atoms with Crippen LogP contribution in [0.25, 0.3) is 33.7 Å². The van der Waals surface area contributed by atoms with Gasteiger partial charge >= 0.3 is 0 Å². The Hall–Kier alpha value is -3.41. The summed E-state index contributed by atoms with van der Waals surface area (Å²) in [5.74, 6) is -0.290. The topological polar surface area (TPSA) is 61.3 Å². The highest BCUT2D eigenvalue weighted by Crippen LogP contribution is 2.32. The van der Waals surface area contributed by atoms with Gasteiger partial charge in [-0.3, -0.25) is 0 Å². The average Bonchev–Trinajstić information content (AvgIpc) is 3.04. The van der Waals surface area contributed by atoms with Crippen LogP contribution in [0.15, 0.2) is 59.0 Å². The minimum Gasteiger partial charge on any atom is -0.495 e. The molecule has 3 aromatic carbocycles. The molecule has 0 amide bonds. The third-order valence-corrected chi connectivity index (χ3v) is 4.06. The maximum absolute atomic E-state index is 13.5. The van der Waals surface area contributed by atoms with E-state index in [1.807, 2.05) is 0 Å². The van der Waals surface area contributed by atoms with Crippen LogP contribution < -0.4 is 10.5 Å². The minimum atomic E-state index is -0.630. The number of rotatable bonds is 3. The van der Waals surface area contributed by atoms with Crippen LogP contribution >= 0.6 is 0 Å². The Labute approximate surface area is 147 Å². The summed E-state index contributed by atoms with van der Waals surface area (Å²) in [7, 11) is 1.54. The summed E-state index contributed by atoms with van der Waals surface area (Å²) >= 11 is 0. The van der Waals surface area contributed by atoms with Crippen LogP contribution in [0.1, 0.15) is 0 Å². The number of hydrogen-bond donors (Lipinski definition) is 1. The number of oxazole rings is 1. The van der Waals surface area contributed by atoms with E-state index in [-0.39, 0.29) is 0 Å². The van der Waals surface area contributed by atoms with Gasteiger partial charge in [-0.05, 0) is 53.6 Å². The molecule has 0 aliphatic rings. The highest BCUT2D eigenvalue weighted by Gasteiger charge is 2.12. The molecule has 1 heterocycles. The summed E-state index contributed by atoms with van der Waals surface area (Å²) in [4.78, 5) is 4.46. The Bertz CT molecular complexity index is 1100. The Kier molecular flexibility index (Phi) is 3.80. The van der Waals surface area contributed by atoms with Crippen LogP contribution in [-0.4, -0.2) is 12.1 Å². The predicted octanol–water partition coefficient (Wildman–Crippen LogP) is 5.03. The number of anilines is 1. The van der Waals surface area contributed by atoms with Crippen LogP contribution in [0.4, 0.5) is 14.5 Å². The Balaban J connectivity index is 1.77. The first-order valence-electron chi connectivity index (χ1n) is 7.84. The molecule has 0 aliphatic heterocycles. The number of halogens is 2. The normalized spacial score (nSPS) is 11.0. The molecule has 4 nitrogen and oxygen atoms in total. The second-order valence-corrected chi connectivity index (χ2v) is 5.82. The van der Waals surface area contributed by atoms with E-state index in [1.54, 1.807) is 43.5 Å². The zero-order chi connectivity index (χ0) is 18.3. The van der Waals surface area contributed by atoms with E-state index in [0.717, 1.165) is 6.07 Å². The van der Waals surface area contributed by atoms with Crippen molar-refractivity contribution in [3.63, 3.8) is 0 Å². The first-order valence-corrected chi connectivity index (χ1v) is 7.84. The molecule has 0 saturated carbocycles. The third-order valence-electron chi connectivity index (χ3n) is 4.06. The van der Waals surface area contributed by atoms with Gasteiger partial charge in [0.1, 0.15) is 22.9 Å². The Morgan fingerprint density at radius 2 is 1.62 bits per heavy atom. The van der Waals surface area contributed by atoms with Crippen LogP contribution in [-0.2, 0) is 0 Å². The van der Waals surface area contributed by atoms with Crippen LogP contribution in [0, 0.1) is 11.6 Å². The van der Waals surface area contributed by atoms with Gasteiger partial charge in [0, 0.05) is 11.6 Å². The van der Waals surface area contributed by atoms with E-state index in [4.69, 9.17) is 14.9 Å². The fourth-order valence-corrected chi connectivity index (χ4v) is 2.82. The highest BCUT2D eigenvalue weighted by atomic mass is 19.1. The lowest BCUT2D eigenvalue weighted by Gasteiger charge is -2.04. The molecule has 0 spiro atoms. The van der Waals surface area contributed by atoms with Gasteiger partial charge < -0.3 is 14.9 Å². The molecule has 0 bridgehead atoms. The smallest absolute Gasteiger partial charge is 0.227 e. The molecule has 0 saturated heterocycles. The van der Waals surface area contributed by atoms with Crippen molar-refractivity contribution in [2.75, 3.05) is 12.8 Å². The number of ether oxygens (including phenoxy) is 1. The number of nitrogens with two attached hydrogens (primary N) is 1. The summed E-state index contributed by atoms with van der Waals surface area (Å²) in [6, 6.07) is 13.8. The number of fused-ring (bicyclic) bond motifs is 1. The summed E-state index contributed by atoms with van der Waals surface area (Å²) in [5.41, 5.74) is 9.33. The van der Waals surface area contributed by atoms with Crippen molar-refractivity contribution in [2.24, 2.45) is 0 Å². The predicted molar refractivity (Wildman–Crippen MR) is 95.8 cm³/mol. The number of nitrogen functional groups attached to an aromatic ring is 1. The molecular formula is C20H14F2N2O2. The van der Waals surface area contributed by atoms with Crippen molar-refractivity contribution in [3.8, 4) is 28.3 Å². The van der Waals surface area contributed by atoms with E-state index < -0.39 is 11.6 Å². The monoisotopic (exact) mass is 352 g/mol. The van der Waals surface area contributed by atoms with Crippen molar-refractivity contribution in [3.05, 3.63) is 66.2 Å². The average molecular weight is 352 g/mol. The second-order valence-electron chi connectivity index (χ2n) is 5.82. The minimum absolute atomic E-state index is 0.400. The molecule has 6 heteroatoms. The molecular weight excluding hydrogens is 338 g/mol. The molecule has 130 valence electrons. The van der Waals surface area contributed by atoms with Crippen LogP contribution in [0.3, 0.4) is 0 Å². The van der Waals surface area contributed by atoms with Crippen molar-refractivity contribution in [1.29, 1.82) is 0 Å². The molecule has 0 radical (unpaired) electrons. The van der Waals surface area contributed by atoms with Crippen molar-refractivity contribution in [1.82, 2.24) is 4.98 Å². The molecule has 4 aromatic rings. The largest absolute Gasteiger partial charge is 0.495 e. The quantitative estimate of drug-likeness (QED) is 0.525. The van der Waals surface area contributed by atoms with E-state index in [9.17, 15) is 8.78 Å². The van der Waals surface area contributed by atoms with Gasteiger partial charge in [0.05, 0.1) is 12.8 Å². The van der Waals surface area contributed by atoms with E-state index >= 15 is 0 Å². The lowest BCUT2D eigenvalue weighted by molar-refractivity contribution is 0.417. The summed E-state index contributed by atoms with van der Waals surface area (Å²) in [5, 5.41) is 0. The van der Waals surface area contributed by atoms with Crippen LogP contribution in [0.5, 0.6) is 5.75 Å². The van der Waals surface area contributed by atoms with Gasteiger partial charge in [-0.2, -0.15) is 0 Å². The SMILES string of the molecule is COc1ccc(-c2nc3cc(-c4cc(F)cc(F)c4)ccc3o2)cc1N. The molecule has 0 fully saturated rings. The van der Waals surface area contributed by atoms with E-state index in [0.29, 0.717) is 45.1 Å². The molecule has 0 aliphatic carbocycles. The van der Waals surface area contributed by atoms with Gasteiger partial charge in [-0.15, -0.1) is 0 Å². The Morgan fingerprint density at radius 1 is 0.885 bits per heavy atom. The number of benzene rings is 3. The van der Waals surface area contributed by atoms with Gasteiger partial charge in [-0.1, -0.05) is 6.07 Å². The van der Waals surface area contributed by atoms with Gasteiger partial charge in [-0.25, -0.2) is 13.8 Å². The maximum atomic E-state index is 13.5. The molecule has 4 rings (SSSR count). The first-order chi connectivity index (χ1) is 12.5. The number of aromatic nitrogens is 1. The second kappa shape index (κ2) is 6.15. The third kappa shape index (κ3) is 2.86. The molecule has 0 atom stereocenters. The number of nitrogens with zero attached hydrogens (tertiary/aromatic N) is 1. The summed E-state index contributed by atoms with van der Waals surface area (Å²) in [6.07, 6.45) is 0. The molecule has 2 N–H and O–H groups in total. The lowest BCUT2D eigenvalue weighted by atomic mass is 10.1. The van der Waals surface area contributed by atoms with Crippen molar-refractivity contribution >= 4 is 16.8 Å². The fourth-order valence-electron chi connectivity index (χ4n) is 2.82.